The van der Waals surface area contributed by atoms with E-state index in [0.717, 1.165) is 23.1 Å². The van der Waals surface area contributed by atoms with E-state index < -0.39 is 0 Å². The zero-order valence-corrected chi connectivity index (χ0v) is 12.0. The number of ether oxygens (including phenoxy) is 1. The van der Waals surface area contributed by atoms with Crippen molar-refractivity contribution in [3.63, 3.8) is 0 Å². The van der Waals surface area contributed by atoms with Gasteiger partial charge in [0.05, 0.1) is 17.1 Å². The standard InChI is InChI=1S/C15H18N2OS/c1-15(2,14(16)19)7-9-18-12-6-5-11-4-3-8-17-13(11)10-12/h3-6,8,10H,7,9H2,1-2H3,(H2,16,19). The molecule has 3 nitrogen and oxygen atoms in total. The highest BCUT2D eigenvalue weighted by Crippen LogP contribution is 2.23. The molecular weight excluding hydrogens is 256 g/mol. The van der Waals surface area contributed by atoms with Crippen LogP contribution in [0.3, 0.4) is 0 Å². The number of thiocarbonyl (C=S) groups is 1. The molecule has 2 rings (SSSR count). The molecule has 0 saturated heterocycles. The van der Waals surface area contributed by atoms with Crippen molar-refractivity contribution in [1.82, 2.24) is 4.98 Å². The molecule has 0 radical (unpaired) electrons. The van der Waals surface area contributed by atoms with E-state index in [1.54, 1.807) is 6.20 Å². The van der Waals surface area contributed by atoms with Crippen LogP contribution in [-0.2, 0) is 0 Å². The van der Waals surface area contributed by atoms with E-state index in [1.807, 2.05) is 44.2 Å². The first kappa shape index (κ1) is 13.7. The lowest BCUT2D eigenvalue weighted by molar-refractivity contribution is 0.271. The first-order valence-electron chi connectivity index (χ1n) is 6.26. The van der Waals surface area contributed by atoms with Crippen LogP contribution in [0.5, 0.6) is 5.75 Å². The van der Waals surface area contributed by atoms with Crippen molar-refractivity contribution in [2.24, 2.45) is 11.1 Å². The fraction of sp³-hybridized carbons (Fsp3) is 0.333. The Morgan fingerprint density at radius 2 is 2.16 bits per heavy atom. The van der Waals surface area contributed by atoms with Gasteiger partial charge in [0.15, 0.2) is 0 Å². The van der Waals surface area contributed by atoms with Crippen LogP contribution in [-0.4, -0.2) is 16.6 Å². The Morgan fingerprint density at radius 3 is 2.89 bits per heavy atom. The minimum Gasteiger partial charge on any atom is -0.493 e. The third kappa shape index (κ3) is 3.41. The monoisotopic (exact) mass is 274 g/mol. The average molecular weight is 274 g/mol. The maximum Gasteiger partial charge on any atom is 0.121 e. The lowest BCUT2D eigenvalue weighted by Crippen LogP contribution is -2.31. The number of benzene rings is 1. The molecule has 0 fully saturated rings. The van der Waals surface area contributed by atoms with Gasteiger partial charge in [-0.1, -0.05) is 32.1 Å². The van der Waals surface area contributed by atoms with E-state index in [1.165, 1.54) is 0 Å². The van der Waals surface area contributed by atoms with E-state index in [4.69, 9.17) is 22.7 Å². The molecule has 1 heterocycles. The first-order valence-corrected chi connectivity index (χ1v) is 6.67. The largest absolute Gasteiger partial charge is 0.493 e. The molecule has 0 amide bonds. The lowest BCUT2D eigenvalue weighted by Gasteiger charge is -2.22. The maximum absolute atomic E-state index is 5.74. The maximum atomic E-state index is 5.74. The Hall–Kier alpha value is -1.68. The molecule has 0 saturated carbocycles. The van der Waals surface area contributed by atoms with Gasteiger partial charge in [0.25, 0.3) is 0 Å². The first-order chi connectivity index (χ1) is 8.99. The van der Waals surface area contributed by atoms with Crippen LogP contribution in [0.2, 0.25) is 0 Å². The van der Waals surface area contributed by atoms with E-state index in [9.17, 15) is 0 Å². The second-order valence-corrected chi connectivity index (χ2v) is 5.64. The van der Waals surface area contributed by atoms with Gasteiger partial charge in [0.2, 0.25) is 0 Å². The van der Waals surface area contributed by atoms with Crippen molar-refractivity contribution in [3.8, 4) is 5.75 Å². The van der Waals surface area contributed by atoms with Gasteiger partial charge in [-0.15, -0.1) is 0 Å². The summed E-state index contributed by atoms with van der Waals surface area (Å²) < 4.78 is 5.74. The number of hydrogen-bond acceptors (Lipinski definition) is 3. The fourth-order valence-corrected chi connectivity index (χ4v) is 1.79. The fourth-order valence-electron chi connectivity index (χ4n) is 1.68. The molecule has 4 heteroatoms. The van der Waals surface area contributed by atoms with Gasteiger partial charge in [-0.25, -0.2) is 0 Å². The van der Waals surface area contributed by atoms with Crippen LogP contribution in [0.4, 0.5) is 0 Å². The number of pyridine rings is 1. The zero-order chi connectivity index (χ0) is 13.9. The summed E-state index contributed by atoms with van der Waals surface area (Å²) in [6.45, 7) is 4.64. The molecule has 0 aliphatic rings. The van der Waals surface area contributed by atoms with Crippen LogP contribution in [0.25, 0.3) is 10.9 Å². The summed E-state index contributed by atoms with van der Waals surface area (Å²) in [5, 5.41) is 1.11. The molecule has 0 unspecified atom stereocenters. The Balaban J connectivity index is 2.00. The molecule has 100 valence electrons. The average Bonchev–Trinajstić information content (AvgIpc) is 2.38. The molecule has 0 bridgehead atoms. The minimum atomic E-state index is -0.176. The van der Waals surface area contributed by atoms with Gasteiger partial charge in [-0.3, -0.25) is 4.98 Å². The summed E-state index contributed by atoms with van der Waals surface area (Å²) in [5.41, 5.74) is 6.45. The molecule has 0 spiro atoms. The van der Waals surface area contributed by atoms with Crippen LogP contribution >= 0.6 is 12.2 Å². The van der Waals surface area contributed by atoms with Gasteiger partial charge in [0, 0.05) is 23.1 Å². The molecule has 1 aromatic carbocycles. The predicted molar refractivity (Wildman–Crippen MR) is 82.4 cm³/mol. The molecule has 0 atom stereocenters. The van der Waals surface area contributed by atoms with Crippen molar-refractivity contribution < 1.29 is 4.74 Å². The highest BCUT2D eigenvalue weighted by molar-refractivity contribution is 7.80. The summed E-state index contributed by atoms with van der Waals surface area (Å²) in [6.07, 6.45) is 2.57. The Labute approximate surface area is 118 Å². The summed E-state index contributed by atoms with van der Waals surface area (Å²) in [6, 6.07) is 9.87. The van der Waals surface area contributed by atoms with E-state index in [2.05, 4.69) is 4.98 Å². The summed E-state index contributed by atoms with van der Waals surface area (Å²) in [5.74, 6) is 0.824. The second kappa shape index (κ2) is 5.53. The Bertz CT molecular complexity index is 595. The van der Waals surface area contributed by atoms with E-state index in [-0.39, 0.29) is 5.41 Å². The Morgan fingerprint density at radius 1 is 1.37 bits per heavy atom. The Kier molecular flexibility index (Phi) is 4.00. The smallest absolute Gasteiger partial charge is 0.121 e. The van der Waals surface area contributed by atoms with E-state index in [0.29, 0.717) is 11.6 Å². The molecule has 19 heavy (non-hydrogen) atoms. The van der Waals surface area contributed by atoms with Crippen molar-refractivity contribution in [1.29, 1.82) is 0 Å². The highest BCUT2D eigenvalue weighted by atomic mass is 32.1. The van der Waals surface area contributed by atoms with E-state index >= 15 is 0 Å². The molecular formula is C15H18N2OS. The van der Waals surface area contributed by atoms with Crippen molar-refractivity contribution in [3.05, 3.63) is 36.5 Å². The van der Waals surface area contributed by atoms with Gasteiger partial charge >= 0.3 is 0 Å². The van der Waals surface area contributed by atoms with Crippen LogP contribution < -0.4 is 10.5 Å². The van der Waals surface area contributed by atoms with Gasteiger partial charge in [-0.2, -0.15) is 0 Å². The SMILES string of the molecule is CC(C)(CCOc1ccc2cccnc2c1)C(N)=S. The number of nitrogens with zero attached hydrogens (tertiary/aromatic N) is 1. The molecule has 0 aliphatic carbocycles. The predicted octanol–water partition coefficient (Wildman–Crippen LogP) is 3.32. The third-order valence-electron chi connectivity index (χ3n) is 3.24. The topological polar surface area (TPSA) is 48.1 Å². The van der Waals surface area contributed by atoms with Crippen molar-refractivity contribution >= 4 is 28.1 Å². The van der Waals surface area contributed by atoms with Gasteiger partial charge < -0.3 is 10.5 Å². The second-order valence-electron chi connectivity index (χ2n) is 5.20. The number of rotatable bonds is 5. The van der Waals surface area contributed by atoms with Crippen LogP contribution in [0.1, 0.15) is 20.3 Å². The molecule has 1 aromatic heterocycles. The lowest BCUT2D eigenvalue weighted by atomic mass is 9.90. The van der Waals surface area contributed by atoms with Crippen molar-refractivity contribution in [2.45, 2.75) is 20.3 Å². The minimum absolute atomic E-state index is 0.176. The van der Waals surface area contributed by atoms with Crippen LogP contribution in [0.15, 0.2) is 36.5 Å². The quantitative estimate of drug-likeness (QED) is 0.850. The van der Waals surface area contributed by atoms with Gasteiger partial charge in [-0.05, 0) is 24.6 Å². The van der Waals surface area contributed by atoms with Crippen LogP contribution in [0, 0.1) is 5.41 Å². The number of nitrogens with two attached hydrogens (primary N) is 1. The molecule has 0 aliphatic heterocycles. The molecule has 2 N–H and O–H groups in total. The highest BCUT2D eigenvalue weighted by Gasteiger charge is 2.21. The number of aromatic nitrogens is 1. The summed E-state index contributed by atoms with van der Waals surface area (Å²) >= 11 is 5.04. The summed E-state index contributed by atoms with van der Waals surface area (Å²) in [7, 11) is 0. The zero-order valence-electron chi connectivity index (χ0n) is 11.2. The third-order valence-corrected chi connectivity index (χ3v) is 3.79. The number of fused-ring (bicyclic) bond motifs is 1. The molecule has 2 aromatic rings. The van der Waals surface area contributed by atoms with Crippen molar-refractivity contribution in [2.75, 3.05) is 6.61 Å². The normalized spacial score (nSPS) is 11.5. The summed E-state index contributed by atoms with van der Waals surface area (Å²) in [4.78, 5) is 4.83. The van der Waals surface area contributed by atoms with Gasteiger partial charge in [0.1, 0.15) is 5.75 Å². The number of hydrogen-bond donors (Lipinski definition) is 1.